The summed E-state index contributed by atoms with van der Waals surface area (Å²) in [6.07, 6.45) is 0.227. The number of fused-ring (bicyclic) bond motifs is 1. The molecular formula is C12H12F3N. The Morgan fingerprint density at radius 1 is 1.50 bits per heavy atom. The highest BCUT2D eigenvalue weighted by Gasteiger charge is 2.49. The van der Waals surface area contributed by atoms with Crippen molar-refractivity contribution in [3.05, 3.63) is 28.9 Å². The van der Waals surface area contributed by atoms with Crippen LogP contribution in [0.3, 0.4) is 0 Å². The van der Waals surface area contributed by atoms with Crippen LogP contribution in [0.4, 0.5) is 13.2 Å². The topological polar surface area (TPSA) is 15.8 Å². The molecular weight excluding hydrogens is 215 g/mol. The monoisotopic (exact) mass is 227 g/mol. The van der Waals surface area contributed by atoms with Crippen molar-refractivity contribution in [2.45, 2.75) is 19.5 Å². The highest BCUT2D eigenvalue weighted by molar-refractivity contribution is 5.49. The van der Waals surface area contributed by atoms with Crippen LogP contribution >= 0.6 is 0 Å². The molecule has 0 radical (unpaired) electrons. The highest BCUT2D eigenvalue weighted by Crippen LogP contribution is 2.43. The summed E-state index contributed by atoms with van der Waals surface area (Å²) in [4.78, 5) is 2.91. The quantitative estimate of drug-likeness (QED) is 0.757. The van der Waals surface area contributed by atoms with E-state index >= 15 is 0 Å². The predicted octanol–water partition coefficient (Wildman–Crippen LogP) is 2.19. The zero-order chi connectivity index (χ0) is 12.0. The van der Waals surface area contributed by atoms with Crippen molar-refractivity contribution < 1.29 is 13.2 Å². The molecule has 0 fully saturated rings. The summed E-state index contributed by atoms with van der Waals surface area (Å²) >= 11 is 0. The molecule has 0 saturated heterocycles. The molecule has 0 aromatic carbocycles. The average molecular weight is 227 g/mol. The highest BCUT2D eigenvalue weighted by atomic mass is 19.4. The molecule has 1 N–H and O–H groups in total. The number of hydrogen-bond acceptors (Lipinski definition) is 0. The smallest absolute Gasteiger partial charge is 0.355 e. The fraction of sp³-hybridized carbons (Fsp3) is 0.333. The van der Waals surface area contributed by atoms with Crippen LogP contribution in [0.2, 0.25) is 0 Å². The molecule has 1 unspecified atom stereocenters. The van der Waals surface area contributed by atoms with Gasteiger partial charge < -0.3 is 4.98 Å². The number of alkyl halides is 3. The Morgan fingerprint density at radius 3 is 2.75 bits per heavy atom. The van der Waals surface area contributed by atoms with Crippen molar-refractivity contribution in [3.63, 3.8) is 0 Å². The molecule has 4 heteroatoms. The molecule has 1 aliphatic carbocycles. The van der Waals surface area contributed by atoms with Crippen LogP contribution in [-0.2, 0) is 0 Å². The minimum absolute atomic E-state index is 0.0159. The van der Waals surface area contributed by atoms with Gasteiger partial charge in [0, 0.05) is 11.0 Å². The van der Waals surface area contributed by atoms with Crippen LogP contribution in [0.15, 0.2) is 12.6 Å². The van der Waals surface area contributed by atoms with Gasteiger partial charge in [-0.25, -0.2) is 0 Å². The molecule has 1 aromatic heterocycles. The largest absolute Gasteiger partial charge is 0.397 e. The molecule has 0 bridgehead atoms. The second-order valence-electron chi connectivity index (χ2n) is 4.27. The average Bonchev–Trinajstić information content (AvgIpc) is 2.57. The minimum Gasteiger partial charge on any atom is -0.355 e. The lowest BCUT2D eigenvalue weighted by Crippen LogP contribution is -2.40. The van der Waals surface area contributed by atoms with Gasteiger partial charge in [-0.05, 0) is 36.8 Å². The first-order valence-electron chi connectivity index (χ1n) is 4.97. The van der Waals surface area contributed by atoms with Crippen molar-refractivity contribution in [2.24, 2.45) is 5.41 Å². The van der Waals surface area contributed by atoms with Gasteiger partial charge in [-0.2, -0.15) is 13.2 Å². The van der Waals surface area contributed by atoms with Gasteiger partial charge in [0.05, 0.1) is 5.41 Å². The Balaban J connectivity index is 2.59. The van der Waals surface area contributed by atoms with Crippen molar-refractivity contribution in [2.75, 3.05) is 0 Å². The van der Waals surface area contributed by atoms with Gasteiger partial charge in [-0.3, -0.25) is 0 Å². The van der Waals surface area contributed by atoms with Crippen LogP contribution in [0.1, 0.15) is 19.0 Å². The van der Waals surface area contributed by atoms with E-state index in [9.17, 15) is 13.2 Å². The summed E-state index contributed by atoms with van der Waals surface area (Å²) in [7, 11) is 0. The first-order chi connectivity index (χ1) is 7.36. The second kappa shape index (κ2) is 3.27. The fourth-order valence-electron chi connectivity index (χ4n) is 1.80. The first kappa shape index (κ1) is 11.0. The summed E-state index contributed by atoms with van der Waals surface area (Å²) in [5.41, 5.74) is -1.03. The van der Waals surface area contributed by atoms with E-state index in [1.807, 2.05) is 0 Å². The van der Waals surface area contributed by atoms with Crippen molar-refractivity contribution >= 4 is 18.2 Å². The molecule has 2 rings (SSSR count). The molecule has 0 spiro atoms. The molecule has 0 amide bonds. The Kier molecular flexibility index (Phi) is 2.26. The van der Waals surface area contributed by atoms with E-state index in [2.05, 4.69) is 11.6 Å². The molecule has 1 aromatic rings. The van der Waals surface area contributed by atoms with Gasteiger partial charge in [0.2, 0.25) is 0 Å². The van der Waals surface area contributed by atoms with E-state index in [-0.39, 0.29) is 6.42 Å². The zero-order valence-electron chi connectivity index (χ0n) is 8.86. The molecule has 86 valence electrons. The van der Waals surface area contributed by atoms with Gasteiger partial charge in [0.25, 0.3) is 0 Å². The van der Waals surface area contributed by atoms with Crippen LogP contribution in [0.25, 0.3) is 18.2 Å². The Hall–Kier alpha value is -1.45. The Labute approximate surface area is 91.0 Å². The molecule has 1 atom stereocenters. The SMILES string of the molecule is C=Cc1cc2c([nH]1)=CC(C)(C(F)(F)F)CC=2. The maximum atomic E-state index is 12.8. The maximum absolute atomic E-state index is 12.8. The van der Waals surface area contributed by atoms with Crippen LogP contribution in [0, 0.1) is 5.41 Å². The standard InChI is InChI=1S/C12H12F3N/c1-3-9-6-8-4-5-11(2,12(13,14)15)7-10(8)16-9/h3-4,6-7,16H,1,5H2,2H3. The van der Waals surface area contributed by atoms with Crippen molar-refractivity contribution in [1.82, 2.24) is 4.98 Å². The molecule has 1 nitrogen and oxygen atoms in total. The number of aromatic amines is 1. The van der Waals surface area contributed by atoms with Crippen LogP contribution in [0.5, 0.6) is 0 Å². The number of hydrogen-bond donors (Lipinski definition) is 1. The molecule has 16 heavy (non-hydrogen) atoms. The predicted molar refractivity (Wildman–Crippen MR) is 57.8 cm³/mol. The summed E-state index contributed by atoms with van der Waals surface area (Å²) in [5, 5.41) is 1.35. The lowest BCUT2D eigenvalue weighted by Gasteiger charge is -2.28. The molecule has 0 saturated carbocycles. The number of aromatic nitrogens is 1. The minimum atomic E-state index is -4.22. The van der Waals surface area contributed by atoms with E-state index in [0.29, 0.717) is 5.35 Å². The van der Waals surface area contributed by atoms with Gasteiger partial charge in [0.15, 0.2) is 0 Å². The molecule has 0 aliphatic heterocycles. The summed E-state index contributed by atoms with van der Waals surface area (Å²) in [5.74, 6) is 0. The van der Waals surface area contributed by atoms with Crippen molar-refractivity contribution in [3.8, 4) is 0 Å². The molecule has 1 aliphatic rings. The van der Waals surface area contributed by atoms with Crippen LogP contribution in [-0.4, -0.2) is 11.2 Å². The van der Waals surface area contributed by atoms with Gasteiger partial charge in [0.1, 0.15) is 0 Å². The lowest BCUT2D eigenvalue weighted by atomic mass is 9.83. The maximum Gasteiger partial charge on any atom is 0.397 e. The van der Waals surface area contributed by atoms with E-state index in [1.54, 1.807) is 18.2 Å². The zero-order valence-corrected chi connectivity index (χ0v) is 8.86. The first-order valence-corrected chi connectivity index (χ1v) is 4.97. The van der Waals surface area contributed by atoms with E-state index in [0.717, 1.165) is 10.9 Å². The Bertz CT molecular complexity index is 536. The number of rotatable bonds is 1. The van der Waals surface area contributed by atoms with E-state index < -0.39 is 11.6 Å². The third kappa shape index (κ3) is 1.58. The normalized spacial score (nSPS) is 24.2. The van der Waals surface area contributed by atoms with Crippen molar-refractivity contribution in [1.29, 1.82) is 0 Å². The van der Waals surface area contributed by atoms with Crippen LogP contribution < -0.4 is 10.6 Å². The van der Waals surface area contributed by atoms with Gasteiger partial charge in [-0.1, -0.05) is 12.7 Å². The van der Waals surface area contributed by atoms with E-state index in [4.69, 9.17) is 0 Å². The van der Waals surface area contributed by atoms with Gasteiger partial charge in [-0.15, -0.1) is 0 Å². The van der Waals surface area contributed by atoms with Gasteiger partial charge >= 0.3 is 6.18 Å². The fourth-order valence-corrected chi connectivity index (χ4v) is 1.80. The number of H-pyrrole nitrogens is 1. The second-order valence-corrected chi connectivity index (χ2v) is 4.27. The summed E-state index contributed by atoms with van der Waals surface area (Å²) in [6.45, 7) is 4.79. The lowest BCUT2D eigenvalue weighted by molar-refractivity contribution is -0.192. The summed E-state index contributed by atoms with van der Waals surface area (Å²) in [6, 6.07) is 1.80. The summed E-state index contributed by atoms with van der Waals surface area (Å²) < 4.78 is 38.5. The molecule has 1 heterocycles. The Morgan fingerprint density at radius 2 is 2.19 bits per heavy atom. The number of nitrogens with one attached hydrogen (secondary N) is 1. The van der Waals surface area contributed by atoms with E-state index in [1.165, 1.54) is 13.0 Å². The third-order valence-corrected chi connectivity index (χ3v) is 2.98. The third-order valence-electron chi connectivity index (χ3n) is 2.98. The number of halogens is 3.